The van der Waals surface area contributed by atoms with Crippen molar-refractivity contribution in [2.45, 2.75) is 0 Å². The van der Waals surface area contributed by atoms with Crippen molar-refractivity contribution in [3.63, 3.8) is 0 Å². The van der Waals surface area contributed by atoms with Crippen LogP contribution >= 0.6 is 0 Å². The maximum absolute atomic E-state index is 10.8. The molecule has 0 aliphatic rings. The van der Waals surface area contributed by atoms with Gasteiger partial charge in [-0.15, -0.1) is 0 Å². The topological polar surface area (TPSA) is 81.0 Å². The number of anilines is 2. The highest BCUT2D eigenvalue weighted by molar-refractivity contribution is 6.08. The van der Waals surface area contributed by atoms with Crippen molar-refractivity contribution in [2.75, 3.05) is 5.32 Å². The lowest BCUT2D eigenvalue weighted by Crippen LogP contribution is -1.98. The first kappa shape index (κ1) is 14.1. The normalized spacial score (nSPS) is 10.8. The lowest BCUT2D eigenvalue weighted by atomic mass is 10.1. The predicted molar refractivity (Wildman–Crippen MR) is 93.4 cm³/mol. The number of rotatable bonds is 3. The van der Waals surface area contributed by atoms with Gasteiger partial charge >= 0.3 is 0 Å². The van der Waals surface area contributed by atoms with Crippen LogP contribution < -0.4 is 5.32 Å². The summed E-state index contributed by atoms with van der Waals surface area (Å²) < 4.78 is 0. The summed E-state index contributed by atoms with van der Waals surface area (Å²) in [7, 11) is 0. The smallest absolute Gasteiger partial charge is 0.287 e. The molecule has 6 nitrogen and oxygen atoms in total. The average molecular weight is 316 g/mol. The lowest BCUT2D eigenvalue weighted by Gasteiger charge is -2.12. The molecule has 2 heterocycles. The molecule has 0 bridgehead atoms. The molecular formula is C18H12N4O2. The molecule has 6 heteroatoms. The maximum atomic E-state index is 10.8. The van der Waals surface area contributed by atoms with E-state index in [4.69, 9.17) is 0 Å². The molecule has 0 spiro atoms. The van der Waals surface area contributed by atoms with Crippen molar-refractivity contribution in [3.8, 4) is 0 Å². The van der Waals surface area contributed by atoms with Gasteiger partial charge in [-0.1, -0.05) is 36.4 Å². The van der Waals surface area contributed by atoms with E-state index in [-0.39, 0.29) is 5.69 Å². The lowest BCUT2D eigenvalue weighted by molar-refractivity contribution is -0.385. The Morgan fingerprint density at radius 1 is 0.875 bits per heavy atom. The molecule has 2 aromatic heterocycles. The van der Waals surface area contributed by atoms with E-state index >= 15 is 0 Å². The highest BCUT2D eigenvalue weighted by Gasteiger charge is 2.10. The number of nitrogens with one attached hydrogen (secondary N) is 1. The summed E-state index contributed by atoms with van der Waals surface area (Å²) in [5, 5.41) is 16.0. The van der Waals surface area contributed by atoms with Gasteiger partial charge in [-0.05, 0) is 18.2 Å². The molecule has 0 amide bonds. The highest BCUT2D eigenvalue weighted by Crippen LogP contribution is 2.32. The fourth-order valence-corrected chi connectivity index (χ4v) is 2.67. The molecule has 4 aromatic rings. The Morgan fingerprint density at radius 3 is 2.04 bits per heavy atom. The van der Waals surface area contributed by atoms with Crippen LogP contribution in [0.15, 0.2) is 66.9 Å². The molecule has 0 aliphatic heterocycles. The summed E-state index contributed by atoms with van der Waals surface area (Å²) in [5.41, 5.74) is 2.60. The Balaban J connectivity index is 1.88. The predicted octanol–water partition coefficient (Wildman–Crippen LogP) is 4.43. The van der Waals surface area contributed by atoms with Crippen LogP contribution in [-0.4, -0.2) is 14.9 Å². The molecule has 2 aromatic carbocycles. The Kier molecular flexibility index (Phi) is 3.28. The molecular weight excluding hydrogens is 304 g/mol. The van der Waals surface area contributed by atoms with Crippen molar-refractivity contribution in [1.29, 1.82) is 0 Å². The second-order valence-corrected chi connectivity index (χ2v) is 5.30. The van der Waals surface area contributed by atoms with Crippen LogP contribution in [-0.2, 0) is 0 Å². The van der Waals surface area contributed by atoms with Crippen molar-refractivity contribution < 1.29 is 4.92 Å². The van der Waals surface area contributed by atoms with E-state index in [2.05, 4.69) is 15.3 Å². The summed E-state index contributed by atoms with van der Waals surface area (Å²) in [6.45, 7) is 0. The Hall–Kier alpha value is -3.54. The van der Waals surface area contributed by atoms with Gasteiger partial charge < -0.3 is 5.32 Å². The Bertz CT molecular complexity index is 1010. The van der Waals surface area contributed by atoms with Crippen molar-refractivity contribution in [3.05, 3.63) is 77.0 Å². The highest BCUT2D eigenvalue weighted by atomic mass is 16.6. The number of para-hydroxylation sites is 2. The number of nitrogens with zero attached hydrogens (tertiary/aromatic N) is 3. The molecule has 0 saturated heterocycles. The van der Waals surface area contributed by atoms with Gasteiger partial charge in [0.2, 0.25) is 0 Å². The standard InChI is InChI=1S/C18H12N4O2/c23-22(24)12-9-10-17(19-11-12)21-18-13-5-1-3-7-15(13)20-16-8-4-2-6-14(16)18/h1-11H,(H,19,20,21). The molecule has 0 atom stereocenters. The van der Waals surface area contributed by atoms with Crippen LogP contribution in [0.2, 0.25) is 0 Å². The Labute approximate surface area is 136 Å². The monoisotopic (exact) mass is 316 g/mol. The first-order chi connectivity index (χ1) is 11.7. The molecule has 24 heavy (non-hydrogen) atoms. The molecule has 0 unspecified atom stereocenters. The molecule has 4 rings (SSSR count). The number of hydrogen-bond donors (Lipinski definition) is 1. The number of fused-ring (bicyclic) bond motifs is 2. The number of pyridine rings is 2. The molecule has 0 saturated carbocycles. The first-order valence-electron chi connectivity index (χ1n) is 7.37. The molecule has 0 radical (unpaired) electrons. The van der Waals surface area contributed by atoms with Crippen LogP contribution in [0.4, 0.5) is 17.2 Å². The van der Waals surface area contributed by atoms with Gasteiger partial charge in [0.1, 0.15) is 12.0 Å². The molecule has 0 aliphatic carbocycles. The SMILES string of the molecule is O=[N+]([O-])c1ccc(Nc2c3ccccc3nc3ccccc23)nc1. The maximum Gasteiger partial charge on any atom is 0.287 e. The zero-order valence-electron chi connectivity index (χ0n) is 12.5. The number of benzene rings is 2. The van der Waals surface area contributed by atoms with Crippen molar-refractivity contribution in [1.82, 2.24) is 9.97 Å². The van der Waals surface area contributed by atoms with Crippen molar-refractivity contribution in [2.24, 2.45) is 0 Å². The van der Waals surface area contributed by atoms with Crippen LogP contribution in [0, 0.1) is 10.1 Å². The van der Waals surface area contributed by atoms with Gasteiger partial charge in [-0.25, -0.2) is 9.97 Å². The van der Waals surface area contributed by atoms with E-state index in [1.165, 1.54) is 12.3 Å². The van der Waals surface area contributed by atoms with E-state index < -0.39 is 4.92 Å². The van der Waals surface area contributed by atoms with Crippen LogP contribution in [0.3, 0.4) is 0 Å². The molecule has 0 fully saturated rings. The summed E-state index contributed by atoms with van der Waals surface area (Å²) in [5.74, 6) is 0.544. The van der Waals surface area contributed by atoms with Crippen LogP contribution in [0.1, 0.15) is 0 Å². The van der Waals surface area contributed by atoms with Gasteiger partial charge in [-0.2, -0.15) is 0 Å². The minimum absolute atomic E-state index is 0.0370. The summed E-state index contributed by atoms with van der Waals surface area (Å²) in [4.78, 5) is 19.1. The zero-order chi connectivity index (χ0) is 16.5. The third-order valence-corrected chi connectivity index (χ3v) is 3.80. The van der Waals surface area contributed by atoms with E-state index in [1.54, 1.807) is 6.07 Å². The number of nitro groups is 1. The second-order valence-electron chi connectivity index (χ2n) is 5.30. The number of hydrogen-bond acceptors (Lipinski definition) is 5. The summed E-state index contributed by atoms with van der Waals surface area (Å²) in [6, 6.07) is 18.7. The van der Waals surface area contributed by atoms with Gasteiger partial charge in [0, 0.05) is 16.8 Å². The summed E-state index contributed by atoms with van der Waals surface area (Å²) >= 11 is 0. The zero-order valence-corrected chi connectivity index (χ0v) is 12.5. The van der Waals surface area contributed by atoms with Gasteiger partial charge in [0.05, 0.1) is 21.6 Å². The van der Waals surface area contributed by atoms with Crippen LogP contribution in [0.25, 0.3) is 21.8 Å². The minimum Gasteiger partial charge on any atom is -0.339 e. The van der Waals surface area contributed by atoms with Crippen molar-refractivity contribution >= 4 is 39.0 Å². The van der Waals surface area contributed by atoms with Gasteiger partial charge in [0.15, 0.2) is 0 Å². The average Bonchev–Trinajstić information content (AvgIpc) is 2.62. The van der Waals surface area contributed by atoms with Crippen LogP contribution in [0.5, 0.6) is 0 Å². The fourth-order valence-electron chi connectivity index (χ4n) is 2.67. The minimum atomic E-state index is -0.464. The van der Waals surface area contributed by atoms with E-state index in [0.29, 0.717) is 5.82 Å². The van der Waals surface area contributed by atoms with E-state index in [0.717, 1.165) is 27.5 Å². The second kappa shape index (κ2) is 5.58. The third-order valence-electron chi connectivity index (χ3n) is 3.80. The Morgan fingerprint density at radius 2 is 1.50 bits per heavy atom. The van der Waals surface area contributed by atoms with Gasteiger partial charge in [0.25, 0.3) is 5.69 Å². The van der Waals surface area contributed by atoms with E-state index in [1.807, 2.05) is 48.5 Å². The summed E-state index contributed by atoms with van der Waals surface area (Å²) in [6.07, 6.45) is 1.24. The largest absolute Gasteiger partial charge is 0.339 e. The fraction of sp³-hybridized carbons (Fsp3) is 0. The first-order valence-corrected chi connectivity index (χ1v) is 7.37. The number of aromatic nitrogens is 2. The molecule has 116 valence electrons. The quantitative estimate of drug-likeness (QED) is 0.343. The van der Waals surface area contributed by atoms with E-state index in [9.17, 15) is 10.1 Å². The van der Waals surface area contributed by atoms with Gasteiger partial charge in [-0.3, -0.25) is 10.1 Å². The molecule has 1 N–H and O–H groups in total. The third kappa shape index (κ3) is 2.40.